The van der Waals surface area contributed by atoms with Crippen molar-refractivity contribution in [3.8, 4) is 16.3 Å². The molecule has 1 heterocycles. The molecule has 0 aliphatic rings. The van der Waals surface area contributed by atoms with Gasteiger partial charge in [0.25, 0.3) is 0 Å². The van der Waals surface area contributed by atoms with E-state index in [1.54, 1.807) is 5.38 Å². The van der Waals surface area contributed by atoms with Crippen LogP contribution < -0.4 is 4.74 Å². The van der Waals surface area contributed by atoms with Gasteiger partial charge in [-0.3, -0.25) is 4.79 Å². The van der Waals surface area contributed by atoms with E-state index in [0.717, 1.165) is 27.2 Å². The molecule has 0 aliphatic heterocycles. The zero-order valence-corrected chi connectivity index (χ0v) is 15.5. The van der Waals surface area contributed by atoms with Crippen molar-refractivity contribution >= 4 is 33.2 Å². The molecule has 0 radical (unpaired) electrons. The first-order valence-corrected chi connectivity index (χ1v) is 9.36. The number of benzene rings is 1. The Morgan fingerprint density at radius 1 is 1.35 bits per heavy atom. The number of halogens is 1. The van der Waals surface area contributed by atoms with Gasteiger partial charge in [-0.2, -0.15) is 0 Å². The summed E-state index contributed by atoms with van der Waals surface area (Å²) in [6, 6.07) is 5.83. The summed E-state index contributed by atoms with van der Waals surface area (Å²) in [5.74, 6) is -0.0792. The van der Waals surface area contributed by atoms with Gasteiger partial charge < -0.3 is 9.84 Å². The number of aromatic nitrogens is 1. The molecule has 23 heavy (non-hydrogen) atoms. The Kier molecular flexibility index (Phi) is 7.05. The van der Waals surface area contributed by atoms with Gasteiger partial charge in [0, 0.05) is 9.85 Å². The van der Waals surface area contributed by atoms with Crippen LogP contribution in [-0.2, 0) is 11.2 Å². The molecule has 2 aromatic rings. The highest BCUT2D eigenvalue weighted by Crippen LogP contribution is 2.35. The standard InChI is InChI=1S/C17H20BrNO3S/c1-2-3-4-5-8-22-15-7-6-12(18)9-14(15)17-19-13(11-23-17)10-16(20)21/h6-7,9,11H,2-5,8,10H2,1H3,(H,20,21). The molecule has 0 atom stereocenters. The summed E-state index contributed by atoms with van der Waals surface area (Å²) in [4.78, 5) is 15.2. The predicted octanol–water partition coefficient (Wildman–Crippen LogP) is 5.16. The number of aliphatic carboxylic acids is 1. The van der Waals surface area contributed by atoms with Crippen molar-refractivity contribution in [2.24, 2.45) is 0 Å². The van der Waals surface area contributed by atoms with Crippen LogP contribution in [0.25, 0.3) is 10.6 Å². The van der Waals surface area contributed by atoms with Gasteiger partial charge >= 0.3 is 5.97 Å². The van der Waals surface area contributed by atoms with Gasteiger partial charge in [0.2, 0.25) is 0 Å². The Morgan fingerprint density at radius 2 is 2.17 bits per heavy atom. The van der Waals surface area contributed by atoms with E-state index >= 15 is 0 Å². The van der Waals surface area contributed by atoms with E-state index < -0.39 is 5.97 Å². The van der Waals surface area contributed by atoms with Crippen LogP contribution in [0.1, 0.15) is 38.3 Å². The van der Waals surface area contributed by atoms with Crippen molar-refractivity contribution in [1.29, 1.82) is 0 Å². The van der Waals surface area contributed by atoms with Crippen molar-refractivity contribution in [3.63, 3.8) is 0 Å². The van der Waals surface area contributed by atoms with Gasteiger partial charge in [-0.15, -0.1) is 11.3 Å². The van der Waals surface area contributed by atoms with Crippen LogP contribution in [0.4, 0.5) is 0 Å². The van der Waals surface area contributed by atoms with E-state index in [4.69, 9.17) is 9.84 Å². The lowest BCUT2D eigenvalue weighted by Gasteiger charge is -2.10. The predicted molar refractivity (Wildman–Crippen MR) is 96.2 cm³/mol. The molecule has 0 unspecified atom stereocenters. The molecule has 6 heteroatoms. The van der Waals surface area contributed by atoms with Crippen LogP contribution in [-0.4, -0.2) is 22.7 Å². The van der Waals surface area contributed by atoms with Crippen LogP contribution in [0, 0.1) is 0 Å². The number of carbonyl (C=O) groups is 1. The number of rotatable bonds is 9. The summed E-state index contributed by atoms with van der Waals surface area (Å²) in [6.07, 6.45) is 4.57. The summed E-state index contributed by atoms with van der Waals surface area (Å²) in [5.41, 5.74) is 1.47. The van der Waals surface area contributed by atoms with Crippen LogP contribution in [0.5, 0.6) is 5.75 Å². The maximum Gasteiger partial charge on any atom is 0.309 e. The van der Waals surface area contributed by atoms with E-state index in [2.05, 4.69) is 27.8 Å². The summed E-state index contributed by atoms with van der Waals surface area (Å²) >= 11 is 4.91. The Labute approximate surface area is 148 Å². The molecule has 0 fully saturated rings. The first-order valence-electron chi connectivity index (χ1n) is 7.69. The molecule has 0 bridgehead atoms. The van der Waals surface area contributed by atoms with E-state index in [1.165, 1.54) is 30.6 Å². The number of nitrogens with zero attached hydrogens (tertiary/aromatic N) is 1. The Morgan fingerprint density at radius 3 is 2.91 bits per heavy atom. The highest BCUT2D eigenvalue weighted by molar-refractivity contribution is 9.10. The second-order valence-electron chi connectivity index (χ2n) is 5.26. The van der Waals surface area contributed by atoms with Gasteiger partial charge in [0.1, 0.15) is 10.8 Å². The molecule has 0 amide bonds. The van der Waals surface area contributed by atoms with Gasteiger partial charge in [-0.25, -0.2) is 4.98 Å². The van der Waals surface area contributed by atoms with Gasteiger partial charge in [-0.05, 0) is 24.6 Å². The van der Waals surface area contributed by atoms with Crippen molar-refractivity contribution in [2.75, 3.05) is 6.61 Å². The molecule has 0 saturated heterocycles. The third kappa shape index (κ3) is 5.62. The largest absolute Gasteiger partial charge is 0.493 e. The average Bonchev–Trinajstić information content (AvgIpc) is 2.96. The second-order valence-corrected chi connectivity index (χ2v) is 7.04. The zero-order chi connectivity index (χ0) is 16.7. The summed E-state index contributed by atoms with van der Waals surface area (Å²) < 4.78 is 6.86. The Bertz CT molecular complexity index is 657. The fraction of sp³-hybridized carbons (Fsp3) is 0.412. The molecular weight excluding hydrogens is 378 g/mol. The lowest BCUT2D eigenvalue weighted by Crippen LogP contribution is -2.00. The van der Waals surface area contributed by atoms with E-state index in [0.29, 0.717) is 12.3 Å². The quantitative estimate of drug-likeness (QED) is 0.593. The fourth-order valence-corrected chi connectivity index (χ4v) is 3.37. The summed E-state index contributed by atoms with van der Waals surface area (Å²) in [7, 11) is 0. The molecule has 4 nitrogen and oxygen atoms in total. The molecule has 1 aromatic carbocycles. The van der Waals surface area contributed by atoms with Crippen molar-refractivity contribution in [3.05, 3.63) is 33.7 Å². The van der Waals surface area contributed by atoms with E-state index in [1.807, 2.05) is 18.2 Å². The lowest BCUT2D eigenvalue weighted by atomic mass is 10.2. The minimum absolute atomic E-state index is 0.0578. The minimum atomic E-state index is -0.872. The number of carboxylic acids is 1. The van der Waals surface area contributed by atoms with Crippen LogP contribution in [0.3, 0.4) is 0 Å². The molecule has 0 aliphatic carbocycles. The van der Waals surface area contributed by atoms with Crippen LogP contribution in [0.2, 0.25) is 0 Å². The number of hydrogen-bond donors (Lipinski definition) is 1. The van der Waals surface area contributed by atoms with Crippen LogP contribution >= 0.6 is 27.3 Å². The van der Waals surface area contributed by atoms with E-state index in [-0.39, 0.29) is 6.42 Å². The molecular formula is C17H20BrNO3S. The smallest absolute Gasteiger partial charge is 0.309 e. The first-order chi connectivity index (χ1) is 11.1. The van der Waals surface area contributed by atoms with E-state index in [9.17, 15) is 4.79 Å². The minimum Gasteiger partial charge on any atom is -0.493 e. The van der Waals surface area contributed by atoms with Crippen molar-refractivity contribution < 1.29 is 14.6 Å². The zero-order valence-electron chi connectivity index (χ0n) is 13.0. The molecule has 2 rings (SSSR count). The molecule has 1 N–H and O–H groups in total. The Balaban J connectivity index is 2.11. The fourth-order valence-electron chi connectivity index (χ4n) is 2.17. The Hall–Kier alpha value is -1.40. The van der Waals surface area contributed by atoms with Crippen molar-refractivity contribution in [2.45, 2.75) is 39.0 Å². The van der Waals surface area contributed by atoms with Gasteiger partial charge in [0.15, 0.2) is 0 Å². The summed E-state index contributed by atoms with van der Waals surface area (Å²) in [6.45, 7) is 2.87. The average molecular weight is 398 g/mol. The molecule has 124 valence electrons. The third-order valence-electron chi connectivity index (χ3n) is 3.31. The lowest BCUT2D eigenvalue weighted by molar-refractivity contribution is -0.136. The molecule has 0 saturated carbocycles. The normalized spacial score (nSPS) is 10.7. The number of thiazole rings is 1. The summed E-state index contributed by atoms with van der Waals surface area (Å²) in [5, 5.41) is 11.4. The first kappa shape index (κ1) is 17.9. The highest BCUT2D eigenvalue weighted by atomic mass is 79.9. The maximum atomic E-state index is 10.8. The number of hydrogen-bond acceptors (Lipinski definition) is 4. The number of unbranched alkanes of at least 4 members (excludes halogenated alkanes) is 3. The number of ether oxygens (including phenoxy) is 1. The van der Waals surface area contributed by atoms with Gasteiger partial charge in [0.05, 0.1) is 24.3 Å². The topological polar surface area (TPSA) is 59.4 Å². The van der Waals surface area contributed by atoms with Gasteiger partial charge in [-0.1, -0.05) is 42.1 Å². The SMILES string of the molecule is CCCCCCOc1ccc(Br)cc1-c1nc(CC(=O)O)cs1. The monoisotopic (exact) mass is 397 g/mol. The maximum absolute atomic E-state index is 10.8. The highest BCUT2D eigenvalue weighted by Gasteiger charge is 2.13. The number of carboxylic acid groups (broad SMARTS) is 1. The molecule has 0 spiro atoms. The molecule has 1 aromatic heterocycles. The van der Waals surface area contributed by atoms with Crippen LogP contribution in [0.15, 0.2) is 28.1 Å². The second kappa shape index (κ2) is 9.03. The third-order valence-corrected chi connectivity index (χ3v) is 4.73. The van der Waals surface area contributed by atoms with Crippen molar-refractivity contribution in [1.82, 2.24) is 4.98 Å².